The predicted molar refractivity (Wildman–Crippen MR) is 92.7 cm³/mol. The minimum atomic E-state index is -1.31. The smallest absolute Gasteiger partial charge is 0.481 e. The highest BCUT2D eigenvalue weighted by Gasteiger charge is 2.11. The molecule has 0 aliphatic carbocycles. The number of carboxylic acids is 2. The molecule has 0 aliphatic rings. The molecule has 0 saturated heterocycles. The number of benzene rings is 2. The molecule has 2 N–H and O–H groups in total. The molecule has 0 fully saturated rings. The van der Waals surface area contributed by atoms with Crippen molar-refractivity contribution in [3.63, 3.8) is 0 Å². The largest absolute Gasteiger partial charge is 0.519 e. The summed E-state index contributed by atoms with van der Waals surface area (Å²) in [6, 6.07) is 9.68. The highest BCUT2D eigenvalue weighted by molar-refractivity contribution is 5.88. The fraction of sp³-hybridized carbons (Fsp3) is 0.0625. The van der Waals surface area contributed by atoms with Crippen molar-refractivity contribution in [3.8, 4) is 11.5 Å². The van der Waals surface area contributed by atoms with Crippen LogP contribution in [-0.2, 0) is 9.59 Å². The third kappa shape index (κ3) is 8.59. The maximum atomic E-state index is 11.5. The Kier molecular flexibility index (Phi) is 8.19. The molecular weight excluding hydrogens is 396 g/mol. The van der Waals surface area contributed by atoms with Gasteiger partial charge in [0.1, 0.15) is 17.9 Å². The first kappa shape index (κ1) is 22.5. The van der Waals surface area contributed by atoms with Crippen LogP contribution in [0.4, 0.5) is 16.2 Å². The standard InChI is InChI=1S/C13H8N2O7.C3H4O4/c16-13(21-11-5-1-9(2-6-11)14(17)18)22-12-7-3-10(4-8-12)15(19)20;4-2(5)1-3(6)7/h1-8H;1H2,(H,4,5)(H,6,7). The fourth-order valence-corrected chi connectivity index (χ4v) is 1.61. The van der Waals surface area contributed by atoms with E-state index in [4.69, 9.17) is 19.7 Å². The van der Waals surface area contributed by atoms with Crippen molar-refractivity contribution in [1.29, 1.82) is 0 Å². The van der Waals surface area contributed by atoms with Crippen molar-refractivity contribution >= 4 is 29.5 Å². The highest BCUT2D eigenvalue weighted by atomic mass is 16.7. The molecule has 13 nitrogen and oxygen atoms in total. The Balaban J connectivity index is 0.000000516. The van der Waals surface area contributed by atoms with E-state index >= 15 is 0 Å². The van der Waals surface area contributed by atoms with Crippen molar-refractivity contribution in [2.75, 3.05) is 0 Å². The van der Waals surface area contributed by atoms with Crippen LogP contribution >= 0.6 is 0 Å². The molecule has 152 valence electrons. The number of non-ortho nitro benzene ring substituents is 2. The van der Waals surface area contributed by atoms with E-state index in [1.165, 1.54) is 48.5 Å². The number of carbonyl (C=O) groups is 3. The van der Waals surface area contributed by atoms with Gasteiger partial charge in [0.25, 0.3) is 11.4 Å². The first-order chi connectivity index (χ1) is 13.6. The molecule has 29 heavy (non-hydrogen) atoms. The summed E-state index contributed by atoms with van der Waals surface area (Å²) in [6.45, 7) is 0. The van der Waals surface area contributed by atoms with E-state index in [9.17, 15) is 34.6 Å². The lowest BCUT2D eigenvalue weighted by Gasteiger charge is -2.05. The number of nitrogens with zero attached hydrogens (tertiary/aromatic N) is 2. The van der Waals surface area contributed by atoms with Crippen LogP contribution in [0, 0.1) is 20.2 Å². The number of nitro groups is 2. The van der Waals surface area contributed by atoms with E-state index in [1.807, 2.05) is 0 Å². The normalized spacial score (nSPS) is 9.38. The average molecular weight is 408 g/mol. The van der Waals surface area contributed by atoms with Gasteiger partial charge >= 0.3 is 18.1 Å². The summed E-state index contributed by atoms with van der Waals surface area (Å²) in [5, 5.41) is 36.4. The first-order valence-electron chi connectivity index (χ1n) is 7.40. The number of carboxylic acid groups (broad SMARTS) is 2. The zero-order valence-electron chi connectivity index (χ0n) is 14.3. The second-order valence-electron chi connectivity index (χ2n) is 4.92. The number of hydrogen-bond acceptors (Lipinski definition) is 9. The number of aliphatic carboxylic acids is 2. The lowest BCUT2D eigenvalue weighted by atomic mass is 10.3. The van der Waals surface area contributed by atoms with Crippen molar-refractivity contribution in [3.05, 3.63) is 68.8 Å². The molecule has 0 bridgehead atoms. The van der Waals surface area contributed by atoms with E-state index in [0.717, 1.165) is 0 Å². The number of nitro benzene ring substituents is 2. The Bertz CT molecular complexity index is 834. The van der Waals surface area contributed by atoms with E-state index < -0.39 is 34.4 Å². The molecule has 0 unspecified atom stereocenters. The van der Waals surface area contributed by atoms with Gasteiger partial charge in [0.05, 0.1) is 9.85 Å². The van der Waals surface area contributed by atoms with Crippen LogP contribution in [0.5, 0.6) is 11.5 Å². The minimum Gasteiger partial charge on any atom is -0.481 e. The van der Waals surface area contributed by atoms with Crippen LogP contribution in [0.2, 0.25) is 0 Å². The van der Waals surface area contributed by atoms with E-state index in [0.29, 0.717) is 0 Å². The quantitative estimate of drug-likeness (QED) is 0.234. The molecular formula is C16H12N2O11. The molecule has 0 heterocycles. The third-order valence-electron chi connectivity index (χ3n) is 2.80. The maximum absolute atomic E-state index is 11.5. The lowest BCUT2D eigenvalue weighted by molar-refractivity contribution is -0.385. The SMILES string of the molecule is O=C(O)CC(=O)O.O=C(Oc1ccc([N+](=O)[O-])cc1)Oc1ccc([N+](=O)[O-])cc1. The second kappa shape index (κ2) is 10.6. The number of hydrogen-bond donors (Lipinski definition) is 2. The van der Waals surface area contributed by atoms with Gasteiger partial charge in [-0.15, -0.1) is 0 Å². The Morgan fingerprint density at radius 2 is 1.03 bits per heavy atom. The maximum Gasteiger partial charge on any atom is 0.519 e. The molecule has 0 amide bonds. The zero-order chi connectivity index (χ0) is 22.0. The van der Waals surface area contributed by atoms with Gasteiger partial charge in [0.2, 0.25) is 0 Å². The van der Waals surface area contributed by atoms with Gasteiger partial charge in [-0.1, -0.05) is 0 Å². The van der Waals surface area contributed by atoms with Crippen LogP contribution < -0.4 is 9.47 Å². The fourth-order valence-electron chi connectivity index (χ4n) is 1.61. The van der Waals surface area contributed by atoms with Crippen molar-refractivity contribution < 1.29 is 43.9 Å². The number of carbonyl (C=O) groups excluding carboxylic acids is 1. The molecule has 0 aliphatic heterocycles. The van der Waals surface area contributed by atoms with E-state index in [-0.39, 0.29) is 22.9 Å². The molecule has 0 atom stereocenters. The van der Waals surface area contributed by atoms with E-state index in [2.05, 4.69) is 0 Å². The van der Waals surface area contributed by atoms with Crippen LogP contribution in [0.1, 0.15) is 6.42 Å². The van der Waals surface area contributed by atoms with Crippen molar-refractivity contribution in [2.45, 2.75) is 6.42 Å². The van der Waals surface area contributed by atoms with Gasteiger partial charge < -0.3 is 19.7 Å². The van der Waals surface area contributed by atoms with Gasteiger partial charge in [-0.05, 0) is 24.3 Å². The highest BCUT2D eigenvalue weighted by Crippen LogP contribution is 2.20. The summed E-state index contributed by atoms with van der Waals surface area (Å²) in [6.07, 6.45) is -1.87. The lowest BCUT2D eigenvalue weighted by Crippen LogP contribution is -2.13. The van der Waals surface area contributed by atoms with Gasteiger partial charge in [0, 0.05) is 24.3 Å². The van der Waals surface area contributed by atoms with Crippen LogP contribution in [0.3, 0.4) is 0 Å². The van der Waals surface area contributed by atoms with Gasteiger partial charge in [-0.2, -0.15) is 0 Å². The molecule has 13 heteroatoms. The summed E-state index contributed by atoms with van der Waals surface area (Å²) < 4.78 is 9.63. The van der Waals surface area contributed by atoms with Crippen molar-refractivity contribution in [1.82, 2.24) is 0 Å². The minimum absolute atomic E-state index is 0.0671. The summed E-state index contributed by atoms with van der Waals surface area (Å²) in [7, 11) is 0. The monoisotopic (exact) mass is 408 g/mol. The third-order valence-corrected chi connectivity index (χ3v) is 2.80. The Morgan fingerprint density at radius 3 is 1.24 bits per heavy atom. The Morgan fingerprint density at radius 1 is 0.724 bits per heavy atom. The summed E-state index contributed by atoms with van der Waals surface area (Å²) >= 11 is 0. The molecule has 2 aromatic carbocycles. The molecule has 0 radical (unpaired) electrons. The van der Waals surface area contributed by atoms with Crippen LogP contribution in [-0.4, -0.2) is 38.2 Å². The van der Waals surface area contributed by atoms with Crippen molar-refractivity contribution in [2.24, 2.45) is 0 Å². The Labute approximate surface area is 161 Å². The zero-order valence-corrected chi connectivity index (χ0v) is 14.3. The first-order valence-corrected chi connectivity index (χ1v) is 7.40. The predicted octanol–water partition coefficient (Wildman–Crippen LogP) is 2.63. The average Bonchev–Trinajstić information content (AvgIpc) is 2.62. The number of rotatable bonds is 6. The molecule has 0 aromatic heterocycles. The Hall–Kier alpha value is -4.55. The van der Waals surface area contributed by atoms with Crippen LogP contribution in [0.15, 0.2) is 48.5 Å². The number of ether oxygens (including phenoxy) is 2. The van der Waals surface area contributed by atoms with Crippen LogP contribution in [0.25, 0.3) is 0 Å². The summed E-state index contributed by atoms with van der Waals surface area (Å²) in [5.74, 6) is -2.49. The summed E-state index contributed by atoms with van der Waals surface area (Å²) in [5.41, 5.74) is -0.285. The van der Waals surface area contributed by atoms with Gasteiger partial charge in [0.15, 0.2) is 0 Å². The molecule has 2 aromatic rings. The van der Waals surface area contributed by atoms with E-state index in [1.54, 1.807) is 0 Å². The summed E-state index contributed by atoms with van der Waals surface area (Å²) in [4.78, 5) is 50.1. The topological polar surface area (TPSA) is 196 Å². The molecule has 0 saturated carbocycles. The molecule has 0 spiro atoms. The van der Waals surface area contributed by atoms with Gasteiger partial charge in [-0.25, -0.2) is 4.79 Å². The molecule has 2 rings (SSSR count). The van der Waals surface area contributed by atoms with Gasteiger partial charge in [-0.3, -0.25) is 29.8 Å². The second-order valence-corrected chi connectivity index (χ2v) is 4.92.